The van der Waals surface area contributed by atoms with E-state index in [9.17, 15) is 14.4 Å². The number of allylic oxidation sites excluding steroid dienone is 17. The zero-order chi connectivity index (χ0) is 45.1. The molecule has 0 aliphatic carbocycles. The molecule has 0 bridgehead atoms. The summed E-state index contributed by atoms with van der Waals surface area (Å²) in [4.78, 5) is 37.8. The Balaban J connectivity index is 4.46. The summed E-state index contributed by atoms with van der Waals surface area (Å²) in [5, 5.41) is 0. The van der Waals surface area contributed by atoms with Crippen molar-refractivity contribution >= 4 is 17.9 Å². The Bertz CT molecular complexity index is 1310. The molecule has 62 heavy (non-hydrogen) atoms. The smallest absolute Gasteiger partial charge is 0.309 e. The van der Waals surface area contributed by atoms with Crippen LogP contribution in [-0.2, 0) is 28.6 Å². The first kappa shape index (κ1) is 58.1. The van der Waals surface area contributed by atoms with Crippen LogP contribution >= 0.6 is 0 Å². The quantitative estimate of drug-likeness (QED) is 0.0200. The van der Waals surface area contributed by atoms with Crippen molar-refractivity contribution in [1.29, 1.82) is 0 Å². The molecule has 0 aromatic heterocycles. The van der Waals surface area contributed by atoms with Crippen LogP contribution in [0.5, 0.6) is 0 Å². The van der Waals surface area contributed by atoms with Crippen molar-refractivity contribution in [2.45, 2.75) is 213 Å². The predicted octanol–water partition coefficient (Wildman–Crippen LogP) is 16.4. The van der Waals surface area contributed by atoms with E-state index in [0.717, 1.165) is 83.5 Å². The van der Waals surface area contributed by atoms with Gasteiger partial charge in [-0.1, -0.05) is 220 Å². The monoisotopic (exact) mass is 859 g/mol. The fourth-order valence-corrected chi connectivity index (χ4v) is 6.41. The Labute approximate surface area is 380 Å². The van der Waals surface area contributed by atoms with Crippen LogP contribution in [0.25, 0.3) is 0 Å². The standard InChI is InChI=1S/C56H90O6/c1-4-7-10-13-16-19-21-23-25-27-29-30-32-34-37-40-43-46-49-55(58)61-52-53(51-60-54(57)48-45-42-39-36-18-15-12-9-6-3)62-56(59)50-47-44-41-38-35-33-31-28-26-24-22-20-17-14-11-8-5-2/h9-10,12-13,16,18-19,21,23-27,29-30,36,42,45,53H,4-8,11,14-15,17,20,22,28,31-35,37-41,43-44,46-52H2,1-3H3/b12-9-,13-10-,19-16-,23-21-,26-24-,27-25-,30-29-,36-18-,45-42-. The lowest BCUT2D eigenvalue weighted by atomic mass is 10.1. The molecule has 350 valence electrons. The summed E-state index contributed by atoms with van der Waals surface area (Å²) in [6.07, 6.45) is 66.7. The van der Waals surface area contributed by atoms with Gasteiger partial charge in [0.1, 0.15) is 13.2 Å². The van der Waals surface area contributed by atoms with Gasteiger partial charge >= 0.3 is 17.9 Å². The molecule has 0 saturated heterocycles. The van der Waals surface area contributed by atoms with Crippen molar-refractivity contribution in [3.63, 3.8) is 0 Å². The zero-order valence-electron chi connectivity index (χ0n) is 39.8. The average Bonchev–Trinajstić information content (AvgIpc) is 3.27. The molecular formula is C56H90O6. The van der Waals surface area contributed by atoms with Gasteiger partial charge in [-0.15, -0.1) is 0 Å². The van der Waals surface area contributed by atoms with Crippen molar-refractivity contribution in [1.82, 2.24) is 0 Å². The highest BCUT2D eigenvalue weighted by atomic mass is 16.6. The van der Waals surface area contributed by atoms with Gasteiger partial charge in [0.25, 0.3) is 0 Å². The molecule has 0 radical (unpaired) electrons. The number of esters is 3. The first-order valence-electron chi connectivity index (χ1n) is 25.0. The Morgan fingerprint density at radius 1 is 0.371 bits per heavy atom. The van der Waals surface area contributed by atoms with Crippen molar-refractivity contribution in [2.24, 2.45) is 0 Å². The molecule has 0 heterocycles. The Hall–Kier alpha value is -3.93. The Kier molecular flexibility index (Phi) is 46.6. The van der Waals surface area contributed by atoms with Gasteiger partial charge in [0.15, 0.2) is 6.10 Å². The van der Waals surface area contributed by atoms with Crippen LogP contribution in [0.4, 0.5) is 0 Å². The third kappa shape index (κ3) is 47.1. The van der Waals surface area contributed by atoms with Gasteiger partial charge in [0.2, 0.25) is 0 Å². The largest absolute Gasteiger partial charge is 0.462 e. The summed E-state index contributed by atoms with van der Waals surface area (Å²) in [7, 11) is 0. The molecule has 6 heteroatoms. The molecule has 0 rings (SSSR count). The summed E-state index contributed by atoms with van der Waals surface area (Å²) < 4.78 is 16.6. The third-order valence-corrected chi connectivity index (χ3v) is 10.1. The normalized spacial score (nSPS) is 13.0. The van der Waals surface area contributed by atoms with Crippen LogP contribution in [0.3, 0.4) is 0 Å². The van der Waals surface area contributed by atoms with Crippen LogP contribution in [0.15, 0.2) is 109 Å². The van der Waals surface area contributed by atoms with Crippen LogP contribution in [0.2, 0.25) is 0 Å². The summed E-state index contributed by atoms with van der Waals surface area (Å²) in [6.45, 7) is 6.29. The number of ether oxygens (including phenoxy) is 3. The van der Waals surface area contributed by atoms with Crippen LogP contribution in [0, 0.1) is 0 Å². The second-order valence-corrected chi connectivity index (χ2v) is 16.1. The maximum atomic E-state index is 12.8. The van der Waals surface area contributed by atoms with Crippen molar-refractivity contribution in [3.8, 4) is 0 Å². The molecule has 0 spiro atoms. The molecule has 0 aromatic carbocycles. The zero-order valence-corrected chi connectivity index (χ0v) is 39.8. The summed E-state index contributed by atoms with van der Waals surface area (Å²) in [5.74, 6) is -1.09. The minimum atomic E-state index is -0.827. The molecule has 0 fully saturated rings. The summed E-state index contributed by atoms with van der Waals surface area (Å²) in [6, 6.07) is 0. The highest BCUT2D eigenvalue weighted by Crippen LogP contribution is 2.13. The van der Waals surface area contributed by atoms with Gasteiger partial charge in [-0.25, -0.2) is 0 Å². The number of carbonyl (C=O) groups is 3. The van der Waals surface area contributed by atoms with E-state index in [1.165, 1.54) is 83.5 Å². The molecule has 0 aliphatic rings. The van der Waals surface area contributed by atoms with E-state index in [2.05, 4.69) is 81.5 Å². The summed E-state index contributed by atoms with van der Waals surface area (Å²) in [5.41, 5.74) is 0. The van der Waals surface area contributed by atoms with Gasteiger partial charge in [-0.3, -0.25) is 14.4 Å². The first-order chi connectivity index (χ1) is 30.5. The van der Waals surface area contributed by atoms with Gasteiger partial charge < -0.3 is 14.2 Å². The Morgan fingerprint density at radius 2 is 0.790 bits per heavy atom. The highest BCUT2D eigenvalue weighted by Gasteiger charge is 2.19. The molecule has 0 aliphatic heterocycles. The van der Waals surface area contributed by atoms with E-state index < -0.39 is 12.1 Å². The maximum Gasteiger partial charge on any atom is 0.309 e. The fraction of sp³-hybridized carbons (Fsp3) is 0.625. The van der Waals surface area contributed by atoms with E-state index in [4.69, 9.17) is 14.2 Å². The van der Waals surface area contributed by atoms with Crippen molar-refractivity contribution < 1.29 is 28.6 Å². The molecule has 1 unspecified atom stereocenters. The van der Waals surface area contributed by atoms with Crippen LogP contribution in [-0.4, -0.2) is 37.2 Å². The van der Waals surface area contributed by atoms with Crippen molar-refractivity contribution in [2.75, 3.05) is 13.2 Å². The second-order valence-electron chi connectivity index (χ2n) is 16.1. The molecular weight excluding hydrogens is 769 g/mol. The fourth-order valence-electron chi connectivity index (χ4n) is 6.41. The first-order valence-corrected chi connectivity index (χ1v) is 25.0. The highest BCUT2D eigenvalue weighted by molar-refractivity contribution is 5.72. The maximum absolute atomic E-state index is 12.8. The minimum absolute atomic E-state index is 0.122. The van der Waals surface area contributed by atoms with Gasteiger partial charge in [-0.2, -0.15) is 0 Å². The number of hydrogen-bond acceptors (Lipinski definition) is 6. The second kappa shape index (κ2) is 49.7. The van der Waals surface area contributed by atoms with Gasteiger partial charge in [0.05, 0.1) is 6.42 Å². The van der Waals surface area contributed by atoms with Crippen molar-refractivity contribution in [3.05, 3.63) is 109 Å². The van der Waals surface area contributed by atoms with Gasteiger partial charge in [0, 0.05) is 12.8 Å². The lowest BCUT2D eigenvalue weighted by Gasteiger charge is -2.18. The van der Waals surface area contributed by atoms with Crippen LogP contribution in [0.1, 0.15) is 207 Å². The van der Waals surface area contributed by atoms with Gasteiger partial charge in [-0.05, 0) is 77.0 Å². The Morgan fingerprint density at radius 3 is 1.32 bits per heavy atom. The van der Waals surface area contributed by atoms with Crippen LogP contribution < -0.4 is 0 Å². The summed E-state index contributed by atoms with van der Waals surface area (Å²) >= 11 is 0. The molecule has 0 amide bonds. The lowest BCUT2D eigenvalue weighted by molar-refractivity contribution is -0.166. The lowest BCUT2D eigenvalue weighted by Crippen LogP contribution is -2.30. The predicted molar refractivity (Wildman–Crippen MR) is 265 cm³/mol. The van der Waals surface area contributed by atoms with E-state index in [1.54, 1.807) is 6.08 Å². The SMILES string of the molecule is CC/C=C\C/C=C\C/C=C\CC(=O)OCC(COC(=O)CCCCCCC\C=C/C=C\C=C/C=C\C=C/CCC)OC(=O)CCCCCCCCC/C=C\CCCCCCCC. The van der Waals surface area contributed by atoms with E-state index in [0.29, 0.717) is 12.8 Å². The number of hydrogen-bond donors (Lipinski definition) is 0. The minimum Gasteiger partial charge on any atom is -0.462 e. The third-order valence-electron chi connectivity index (χ3n) is 10.1. The number of unbranched alkanes of at least 4 members (excludes halogenated alkanes) is 19. The van der Waals surface area contributed by atoms with E-state index >= 15 is 0 Å². The molecule has 0 N–H and O–H groups in total. The average molecular weight is 859 g/mol. The number of carbonyl (C=O) groups excluding carboxylic acids is 3. The van der Waals surface area contributed by atoms with E-state index in [1.807, 2.05) is 42.5 Å². The van der Waals surface area contributed by atoms with E-state index in [-0.39, 0.29) is 31.6 Å². The molecule has 0 aromatic rings. The number of rotatable bonds is 43. The molecule has 0 saturated carbocycles. The molecule has 6 nitrogen and oxygen atoms in total. The topological polar surface area (TPSA) is 78.9 Å². The molecule has 1 atom stereocenters.